The number of carboxylic acids is 1. The van der Waals surface area contributed by atoms with Crippen molar-refractivity contribution in [3.05, 3.63) is 0 Å². The van der Waals surface area contributed by atoms with Crippen LogP contribution in [-0.2, 0) is 9.59 Å². The predicted molar refractivity (Wildman–Crippen MR) is 58.3 cm³/mol. The van der Waals surface area contributed by atoms with E-state index in [0.717, 1.165) is 0 Å². The number of nitrogens with one attached hydrogen (secondary N) is 3. The normalized spacial score (nSPS) is 11.4. The molecular weight excluding hydrogens is 230 g/mol. The van der Waals surface area contributed by atoms with Crippen molar-refractivity contribution in [1.29, 1.82) is 0 Å². The molecule has 0 aliphatic carbocycles. The van der Waals surface area contributed by atoms with Gasteiger partial charge in [-0.2, -0.15) is 0 Å². The number of carbonyl (C=O) groups is 3. The summed E-state index contributed by atoms with van der Waals surface area (Å²) >= 11 is 0. The van der Waals surface area contributed by atoms with Crippen molar-refractivity contribution in [3.8, 4) is 0 Å². The van der Waals surface area contributed by atoms with Gasteiger partial charge in [0.25, 0.3) is 0 Å². The molecule has 98 valence electrons. The summed E-state index contributed by atoms with van der Waals surface area (Å²) in [4.78, 5) is 31.8. The Hall–Kier alpha value is -1.83. The monoisotopic (exact) mass is 247 g/mol. The maximum atomic E-state index is 11.1. The molecule has 0 aromatic rings. The average Bonchev–Trinajstić information content (AvgIpc) is 2.23. The molecule has 0 fully saturated rings. The van der Waals surface area contributed by atoms with Crippen molar-refractivity contribution in [2.75, 3.05) is 19.6 Å². The van der Waals surface area contributed by atoms with E-state index < -0.39 is 18.1 Å². The highest BCUT2D eigenvalue weighted by molar-refractivity contribution is 5.75. The smallest absolute Gasteiger partial charge is 0.332 e. The number of amides is 3. The maximum absolute atomic E-state index is 11.1. The first-order chi connectivity index (χ1) is 7.93. The molecule has 0 aromatic carbocycles. The van der Waals surface area contributed by atoms with Crippen LogP contribution < -0.4 is 16.0 Å². The fraction of sp³-hybridized carbons (Fsp3) is 0.667. The van der Waals surface area contributed by atoms with Crippen LogP contribution >= 0.6 is 0 Å². The van der Waals surface area contributed by atoms with Crippen LogP contribution in [0, 0.1) is 0 Å². The Morgan fingerprint density at radius 3 is 2.12 bits per heavy atom. The molecule has 8 nitrogen and oxygen atoms in total. The van der Waals surface area contributed by atoms with Gasteiger partial charge in [-0.05, 0) is 0 Å². The lowest BCUT2D eigenvalue weighted by Crippen LogP contribution is -2.41. The van der Waals surface area contributed by atoms with Gasteiger partial charge in [-0.25, -0.2) is 9.59 Å². The van der Waals surface area contributed by atoms with Crippen LogP contribution in [0.25, 0.3) is 0 Å². The molecule has 0 spiro atoms. The Kier molecular flexibility index (Phi) is 7.44. The van der Waals surface area contributed by atoms with E-state index in [4.69, 9.17) is 10.2 Å². The molecule has 0 aromatic heterocycles. The molecule has 0 saturated heterocycles. The fourth-order valence-corrected chi connectivity index (χ4v) is 0.923. The number of urea groups is 1. The fourth-order valence-electron chi connectivity index (χ4n) is 0.923. The Balaban J connectivity index is 3.47. The van der Waals surface area contributed by atoms with Gasteiger partial charge in [-0.15, -0.1) is 0 Å². The van der Waals surface area contributed by atoms with Gasteiger partial charge in [0.05, 0.1) is 0 Å². The third-order valence-corrected chi connectivity index (χ3v) is 1.77. The van der Waals surface area contributed by atoms with Gasteiger partial charge >= 0.3 is 12.0 Å². The van der Waals surface area contributed by atoms with Crippen molar-refractivity contribution < 1.29 is 24.6 Å². The van der Waals surface area contributed by atoms with Crippen LogP contribution in [0.15, 0.2) is 0 Å². The van der Waals surface area contributed by atoms with Crippen LogP contribution in [0.4, 0.5) is 4.79 Å². The number of rotatable bonds is 7. The largest absolute Gasteiger partial charge is 0.479 e. The molecular formula is C9H17N3O5. The van der Waals surface area contributed by atoms with Gasteiger partial charge in [0, 0.05) is 33.0 Å². The van der Waals surface area contributed by atoms with Crippen LogP contribution in [-0.4, -0.2) is 53.9 Å². The van der Waals surface area contributed by atoms with Gasteiger partial charge in [0.15, 0.2) is 6.10 Å². The molecule has 1 atom stereocenters. The molecule has 17 heavy (non-hydrogen) atoms. The molecule has 0 saturated carbocycles. The summed E-state index contributed by atoms with van der Waals surface area (Å²) in [7, 11) is 0. The zero-order valence-electron chi connectivity index (χ0n) is 9.52. The summed E-state index contributed by atoms with van der Waals surface area (Å²) in [6, 6.07) is -0.479. The van der Waals surface area contributed by atoms with Crippen molar-refractivity contribution >= 4 is 17.9 Å². The highest BCUT2D eigenvalue weighted by Gasteiger charge is 2.12. The lowest BCUT2D eigenvalue weighted by Gasteiger charge is -2.09. The van der Waals surface area contributed by atoms with E-state index >= 15 is 0 Å². The lowest BCUT2D eigenvalue weighted by atomic mass is 10.2. The Bertz CT molecular complexity index is 282. The minimum Gasteiger partial charge on any atom is -0.479 e. The number of aliphatic hydroxyl groups excluding tert-OH is 1. The van der Waals surface area contributed by atoms with Crippen LogP contribution in [0.3, 0.4) is 0 Å². The second kappa shape index (κ2) is 8.34. The van der Waals surface area contributed by atoms with E-state index in [0.29, 0.717) is 6.54 Å². The minimum absolute atomic E-state index is 0.0550. The Morgan fingerprint density at radius 2 is 1.59 bits per heavy atom. The zero-order chi connectivity index (χ0) is 13.3. The molecule has 3 amide bonds. The molecule has 0 rings (SSSR count). The van der Waals surface area contributed by atoms with Crippen molar-refractivity contribution in [2.24, 2.45) is 0 Å². The summed E-state index contributed by atoms with van der Waals surface area (Å²) in [5.74, 6) is -1.50. The summed E-state index contributed by atoms with van der Waals surface area (Å²) in [5.41, 5.74) is 0. The highest BCUT2D eigenvalue weighted by Crippen LogP contribution is 1.88. The van der Waals surface area contributed by atoms with Gasteiger partial charge in [0.1, 0.15) is 0 Å². The van der Waals surface area contributed by atoms with Crippen LogP contribution in [0.1, 0.15) is 13.3 Å². The minimum atomic E-state index is -1.48. The highest BCUT2D eigenvalue weighted by atomic mass is 16.4. The molecule has 8 heteroatoms. The van der Waals surface area contributed by atoms with Crippen LogP contribution in [0.2, 0.25) is 0 Å². The summed E-state index contributed by atoms with van der Waals surface area (Å²) < 4.78 is 0. The van der Waals surface area contributed by atoms with E-state index in [2.05, 4.69) is 16.0 Å². The Labute approximate surface area is 98.4 Å². The van der Waals surface area contributed by atoms with E-state index in [1.54, 1.807) is 0 Å². The second-order valence-corrected chi connectivity index (χ2v) is 3.31. The third kappa shape index (κ3) is 9.12. The molecule has 1 unspecified atom stereocenters. The molecule has 0 aliphatic rings. The van der Waals surface area contributed by atoms with Crippen molar-refractivity contribution in [1.82, 2.24) is 16.0 Å². The SMILES string of the molecule is CC(=O)NCCNC(=O)NCCC(O)C(=O)O. The average molecular weight is 247 g/mol. The standard InChI is InChI=1S/C9H17N3O5/c1-6(13)10-4-5-12-9(17)11-3-2-7(14)8(15)16/h7,14H,2-5H2,1H3,(H,10,13)(H,15,16)(H2,11,12,17). The number of carboxylic acid groups (broad SMARTS) is 1. The molecule has 0 heterocycles. The van der Waals surface area contributed by atoms with Gasteiger partial charge in [-0.1, -0.05) is 0 Å². The number of carbonyl (C=O) groups excluding carboxylic acids is 2. The number of aliphatic carboxylic acids is 1. The first-order valence-corrected chi connectivity index (χ1v) is 5.10. The molecule has 0 bridgehead atoms. The third-order valence-electron chi connectivity index (χ3n) is 1.77. The van der Waals surface area contributed by atoms with Crippen molar-refractivity contribution in [3.63, 3.8) is 0 Å². The summed E-state index contributed by atoms with van der Waals surface area (Å²) in [6.07, 6.45) is -1.54. The molecule has 0 radical (unpaired) electrons. The number of hydrogen-bond acceptors (Lipinski definition) is 4. The van der Waals surface area contributed by atoms with Crippen molar-refractivity contribution in [2.45, 2.75) is 19.4 Å². The van der Waals surface area contributed by atoms with E-state index in [1.807, 2.05) is 0 Å². The van der Waals surface area contributed by atoms with E-state index in [1.165, 1.54) is 6.92 Å². The van der Waals surface area contributed by atoms with Gasteiger partial charge in [0.2, 0.25) is 5.91 Å². The zero-order valence-corrected chi connectivity index (χ0v) is 9.52. The van der Waals surface area contributed by atoms with E-state index in [-0.39, 0.29) is 25.4 Å². The lowest BCUT2D eigenvalue weighted by molar-refractivity contribution is -0.146. The van der Waals surface area contributed by atoms with E-state index in [9.17, 15) is 14.4 Å². The van der Waals surface area contributed by atoms with Gasteiger partial charge in [-0.3, -0.25) is 4.79 Å². The molecule has 0 aliphatic heterocycles. The van der Waals surface area contributed by atoms with Gasteiger partial charge < -0.3 is 26.2 Å². The number of hydrogen-bond donors (Lipinski definition) is 5. The molecule has 5 N–H and O–H groups in total. The maximum Gasteiger partial charge on any atom is 0.332 e. The quantitative estimate of drug-likeness (QED) is 0.341. The number of aliphatic hydroxyl groups is 1. The Morgan fingerprint density at radius 1 is 1.06 bits per heavy atom. The predicted octanol–water partition coefficient (Wildman–Crippen LogP) is -1.74. The topological polar surface area (TPSA) is 128 Å². The summed E-state index contributed by atoms with van der Waals surface area (Å²) in [5, 5.41) is 24.6. The first kappa shape index (κ1) is 15.2. The van der Waals surface area contributed by atoms with Crippen LogP contribution in [0.5, 0.6) is 0 Å². The second-order valence-electron chi connectivity index (χ2n) is 3.31. The first-order valence-electron chi connectivity index (χ1n) is 5.10. The summed E-state index contributed by atoms with van der Waals surface area (Å²) in [6.45, 7) is 2.01.